The van der Waals surface area contributed by atoms with E-state index < -0.39 is 23.4 Å². The molecule has 0 saturated heterocycles. The predicted molar refractivity (Wildman–Crippen MR) is 91.1 cm³/mol. The molecule has 0 bridgehead atoms. The lowest BCUT2D eigenvalue weighted by molar-refractivity contribution is -0.385. The van der Waals surface area contributed by atoms with Crippen LogP contribution >= 0.6 is 0 Å². The number of hydrogen-bond acceptors (Lipinski definition) is 5. The van der Waals surface area contributed by atoms with Crippen molar-refractivity contribution in [1.82, 2.24) is 5.32 Å². The summed E-state index contributed by atoms with van der Waals surface area (Å²) in [6, 6.07) is 11.5. The smallest absolute Gasteiger partial charge is 0.338 e. The van der Waals surface area contributed by atoms with Gasteiger partial charge in [-0.25, -0.2) is 4.79 Å². The van der Waals surface area contributed by atoms with Gasteiger partial charge in [-0.15, -0.1) is 0 Å². The minimum atomic E-state index is -0.705. The van der Waals surface area contributed by atoms with Crippen LogP contribution in [-0.2, 0) is 16.1 Å². The van der Waals surface area contributed by atoms with Gasteiger partial charge < -0.3 is 10.1 Å². The van der Waals surface area contributed by atoms with Gasteiger partial charge in [0.1, 0.15) is 0 Å². The third kappa shape index (κ3) is 4.87. The zero-order chi connectivity index (χ0) is 18.4. The molecule has 1 N–H and O–H groups in total. The van der Waals surface area contributed by atoms with Crippen molar-refractivity contribution in [2.24, 2.45) is 0 Å². The molecule has 2 rings (SSSR count). The number of hydrogen-bond donors (Lipinski definition) is 1. The molecule has 0 aliphatic carbocycles. The van der Waals surface area contributed by atoms with Crippen LogP contribution in [0, 0.1) is 24.0 Å². The van der Waals surface area contributed by atoms with Crippen molar-refractivity contribution < 1.29 is 19.2 Å². The number of esters is 1. The first-order valence-electron chi connectivity index (χ1n) is 7.62. The van der Waals surface area contributed by atoms with Gasteiger partial charge in [-0.3, -0.25) is 14.9 Å². The first-order chi connectivity index (χ1) is 11.9. The monoisotopic (exact) mass is 342 g/mol. The summed E-state index contributed by atoms with van der Waals surface area (Å²) < 4.78 is 4.94. The van der Waals surface area contributed by atoms with Crippen molar-refractivity contribution in [2.75, 3.05) is 6.61 Å². The van der Waals surface area contributed by atoms with E-state index in [0.29, 0.717) is 12.1 Å². The molecule has 0 unspecified atom stereocenters. The van der Waals surface area contributed by atoms with Gasteiger partial charge in [0, 0.05) is 18.2 Å². The highest BCUT2D eigenvalue weighted by Gasteiger charge is 2.15. The molecule has 0 fully saturated rings. The van der Waals surface area contributed by atoms with Crippen LogP contribution in [-0.4, -0.2) is 23.4 Å². The minimum Gasteiger partial charge on any atom is -0.452 e. The summed E-state index contributed by atoms with van der Waals surface area (Å²) in [4.78, 5) is 34.0. The Labute approximate surface area is 144 Å². The first kappa shape index (κ1) is 18.1. The lowest BCUT2D eigenvalue weighted by atomic mass is 10.1. The normalized spacial score (nSPS) is 10.2. The maximum Gasteiger partial charge on any atom is 0.338 e. The van der Waals surface area contributed by atoms with Gasteiger partial charge >= 0.3 is 5.97 Å². The summed E-state index contributed by atoms with van der Waals surface area (Å²) in [7, 11) is 0. The van der Waals surface area contributed by atoms with Gasteiger partial charge in [-0.2, -0.15) is 0 Å². The SMILES string of the molecule is Cc1ccccc1CNC(=O)COC(=O)c1ccc([N+](=O)[O-])c(C)c1. The number of nitrogens with one attached hydrogen (secondary N) is 1. The molecular formula is C18H18N2O5. The molecule has 1 amide bonds. The van der Waals surface area contributed by atoms with E-state index in [2.05, 4.69) is 5.32 Å². The van der Waals surface area contributed by atoms with Crippen molar-refractivity contribution in [3.05, 3.63) is 74.8 Å². The van der Waals surface area contributed by atoms with E-state index in [9.17, 15) is 19.7 Å². The highest BCUT2D eigenvalue weighted by molar-refractivity contribution is 5.91. The van der Waals surface area contributed by atoms with E-state index in [-0.39, 0.29) is 11.3 Å². The van der Waals surface area contributed by atoms with Crippen LogP contribution in [0.3, 0.4) is 0 Å². The standard InChI is InChI=1S/C18H18N2O5/c1-12-5-3-4-6-15(12)10-19-17(21)11-25-18(22)14-7-8-16(20(23)24)13(2)9-14/h3-9H,10-11H2,1-2H3,(H,19,21). The fraction of sp³-hybridized carbons (Fsp3) is 0.222. The number of ether oxygens (including phenoxy) is 1. The number of benzene rings is 2. The molecule has 7 heteroatoms. The number of nitro groups is 1. The van der Waals surface area contributed by atoms with Gasteiger partial charge in [0.15, 0.2) is 6.61 Å². The van der Waals surface area contributed by atoms with Crippen LogP contribution in [0.5, 0.6) is 0 Å². The van der Waals surface area contributed by atoms with Crippen LogP contribution < -0.4 is 5.32 Å². The summed E-state index contributed by atoms with van der Waals surface area (Å²) in [6.45, 7) is 3.41. The average Bonchev–Trinajstić information content (AvgIpc) is 2.58. The fourth-order valence-corrected chi connectivity index (χ4v) is 2.25. The Balaban J connectivity index is 1.87. The number of nitro benzene ring substituents is 1. The van der Waals surface area contributed by atoms with E-state index in [1.54, 1.807) is 0 Å². The Morgan fingerprint density at radius 1 is 1.12 bits per heavy atom. The summed E-state index contributed by atoms with van der Waals surface area (Å²) in [5.74, 6) is -1.13. The molecule has 25 heavy (non-hydrogen) atoms. The predicted octanol–water partition coefficient (Wildman–Crippen LogP) is 2.68. The third-order valence-corrected chi connectivity index (χ3v) is 3.70. The Bertz CT molecular complexity index is 817. The second kappa shape index (κ2) is 8.05. The van der Waals surface area contributed by atoms with Crippen molar-refractivity contribution in [3.63, 3.8) is 0 Å². The molecule has 0 heterocycles. The third-order valence-electron chi connectivity index (χ3n) is 3.70. The summed E-state index contributed by atoms with van der Waals surface area (Å²) in [5.41, 5.74) is 2.47. The lowest BCUT2D eigenvalue weighted by Crippen LogP contribution is -2.28. The van der Waals surface area contributed by atoms with Crippen molar-refractivity contribution in [2.45, 2.75) is 20.4 Å². The minimum absolute atomic E-state index is 0.0764. The molecule has 0 spiro atoms. The van der Waals surface area contributed by atoms with Crippen molar-refractivity contribution >= 4 is 17.6 Å². The van der Waals surface area contributed by atoms with E-state index in [1.165, 1.54) is 25.1 Å². The molecule has 2 aromatic carbocycles. The molecule has 0 atom stereocenters. The van der Waals surface area contributed by atoms with Crippen molar-refractivity contribution in [3.8, 4) is 0 Å². The topological polar surface area (TPSA) is 98.5 Å². The molecule has 2 aromatic rings. The quantitative estimate of drug-likeness (QED) is 0.494. The fourth-order valence-electron chi connectivity index (χ4n) is 2.25. The number of aryl methyl sites for hydroxylation is 2. The Hall–Kier alpha value is -3.22. The molecule has 0 saturated carbocycles. The molecule has 0 aromatic heterocycles. The van der Waals surface area contributed by atoms with Gasteiger partial charge in [0.2, 0.25) is 0 Å². The Morgan fingerprint density at radius 3 is 2.48 bits per heavy atom. The second-order valence-electron chi connectivity index (χ2n) is 5.54. The van der Waals surface area contributed by atoms with Gasteiger partial charge in [-0.1, -0.05) is 24.3 Å². The summed E-state index contributed by atoms with van der Waals surface area (Å²) >= 11 is 0. The average molecular weight is 342 g/mol. The van der Waals surface area contributed by atoms with E-state index in [1.807, 2.05) is 31.2 Å². The van der Waals surface area contributed by atoms with Gasteiger partial charge in [-0.05, 0) is 37.1 Å². The molecule has 0 radical (unpaired) electrons. The van der Waals surface area contributed by atoms with Crippen LogP contribution in [0.1, 0.15) is 27.0 Å². The lowest BCUT2D eigenvalue weighted by Gasteiger charge is -2.09. The molecule has 7 nitrogen and oxygen atoms in total. The maximum atomic E-state index is 11.9. The number of carbonyl (C=O) groups is 2. The Morgan fingerprint density at radius 2 is 1.84 bits per heavy atom. The van der Waals surface area contributed by atoms with Crippen LogP contribution in [0.4, 0.5) is 5.69 Å². The van der Waals surface area contributed by atoms with E-state index >= 15 is 0 Å². The summed E-state index contributed by atoms with van der Waals surface area (Å²) in [5, 5.41) is 13.4. The van der Waals surface area contributed by atoms with E-state index in [0.717, 1.165) is 11.1 Å². The van der Waals surface area contributed by atoms with Crippen LogP contribution in [0.2, 0.25) is 0 Å². The summed E-state index contributed by atoms with van der Waals surface area (Å²) in [6.07, 6.45) is 0. The highest BCUT2D eigenvalue weighted by atomic mass is 16.6. The van der Waals surface area contributed by atoms with Crippen LogP contribution in [0.15, 0.2) is 42.5 Å². The molecule has 0 aliphatic rings. The number of rotatable bonds is 6. The van der Waals surface area contributed by atoms with Crippen molar-refractivity contribution in [1.29, 1.82) is 0 Å². The Kier molecular flexibility index (Phi) is 5.84. The van der Waals surface area contributed by atoms with Gasteiger partial charge in [0.25, 0.3) is 11.6 Å². The van der Waals surface area contributed by atoms with Crippen LogP contribution in [0.25, 0.3) is 0 Å². The first-order valence-corrected chi connectivity index (χ1v) is 7.62. The molecule has 130 valence electrons. The highest BCUT2D eigenvalue weighted by Crippen LogP contribution is 2.19. The zero-order valence-corrected chi connectivity index (χ0v) is 13.9. The molecule has 0 aliphatic heterocycles. The van der Waals surface area contributed by atoms with Gasteiger partial charge in [0.05, 0.1) is 10.5 Å². The largest absolute Gasteiger partial charge is 0.452 e. The maximum absolute atomic E-state index is 11.9. The zero-order valence-electron chi connectivity index (χ0n) is 13.9. The molecular weight excluding hydrogens is 324 g/mol. The number of nitrogens with zero attached hydrogens (tertiary/aromatic N) is 1. The number of amides is 1. The number of carbonyl (C=O) groups excluding carboxylic acids is 2. The second-order valence-corrected chi connectivity index (χ2v) is 5.54. The van der Waals surface area contributed by atoms with E-state index in [4.69, 9.17) is 4.74 Å².